The molecule has 1 fully saturated rings. The number of benzene rings is 1. The molecule has 5 heteroatoms. The highest BCUT2D eigenvalue weighted by Crippen LogP contribution is 2.35. The maximum absolute atomic E-state index is 12.7. The SMILES string of the molecule is Cc1cc(C(=O)NC2(CC(=O)O)CCC2)c2ccccc2n1. The topological polar surface area (TPSA) is 79.3 Å². The van der Waals surface area contributed by atoms with Gasteiger partial charge in [-0.25, -0.2) is 0 Å². The Kier molecular flexibility index (Phi) is 3.56. The van der Waals surface area contributed by atoms with Gasteiger partial charge in [0, 0.05) is 11.1 Å². The van der Waals surface area contributed by atoms with Crippen LogP contribution in [0.2, 0.25) is 0 Å². The number of nitrogens with one attached hydrogen (secondary N) is 1. The molecule has 114 valence electrons. The lowest BCUT2D eigenvalue weighted by Gasteiger charge is -2.41. The summed E-state index contributed by atoms with van der Waals surface area (Å²) in [6.45, 7) is 1.85. The Morgan fingerprint density at radius 2 is 2.05 bits per heavy atom. The highest BCUT2D eigenvalue weighted by molar-refractivity contribution is 6.06. The molecule has 1 aliphatic rings. The summed E-state index contributed by atoms with van der Waals surface area (Å²) in [6, 6.07) is 9.24. The quantitative estimate of drug-likeness (QED) is 0.909. The zero-order valence-electron chi connectivity index (χ0n) is 12.4. The number of aliphatic carboxylic acids is 1. The second kappa shape index (κ2) is 5.40. The third-order valence-electron chi connectivity index (χ3n) is 4.27. The van der Waals surface area contributed by atoms with Crippen molar-refractivity contribution in [2.45, 2.75) is 38.1 Å². The second-order valence-corrected chi connectivity index (χ2v) is 5.99. The molecule has 2 N–H and O–H groups in total. The molecule has 1 aliphatic carbocycles. The van der Waals surface area contributed by atoms with Gasteiger partial charge in [-0.3, -0.25) is 14.6 Å². The first-order valence-electron chi connectivity index (χ1n) is 7.40. The van der Waals surface area contributed by atoms with Crippen molar-refractivity contribution in [3.63, 3.8) is 0 Å². The molecule has 22 heavy (non-hydrogen) atoms. The first kappa shape index (κ1) is 14.5. The van der Waals surface area contributed by atoms with E-state index in [4.69, 9.17) is 5.11 Å². The summed E-state index contributed by atoms with van der Waals surface area (Å²) in [6.07, 6.45) is 2.35. The Morgan fingerprint density at radius 1 is 1.32 bits per heavy atom. The Bertz CT molecular complexity index is 751. The number of hydrogen-bond donors (Lipinski definition) is 2. The molecule has 1 heterocycles. The van der Waals surface area contributed by atoms with Crippen molar-refractivity contribution in [3.8, 4) is 0 Å². The van der Waals surface area contributed by atoms with Gasteiger partial charge in [0.2, 0.25) is 0 Å². The molecule has 5 nitrogen and oxygen atoms in total. The molecule has 1 saturated carbocycles. The molecule has 0 bridgehead atoms. The molecule has 1 aromatic heterocycles. The lowest BCUT2D eigenvalue weighted by molar-refractivity contribution is -0.139. The molecule has 1 aromatic carbocycles. The largest absolute Gasteiger partial charge is 0.481 e. The molecule has 0 spiro atoms. The van der Waals surface area contributed by atoms with E-state index >= 15 is 0 Å². The Morgan fingerprint density at radius 3 is 2.68 bits per heavy atom. The van der Waals surface area contributed by atoms with Gasteiger partial charge in [0.15, 0.2) is 0 Å². The molecular weight excluding hydrogens is 280 g/mol. The molecular formula is C17H18N2O3. The smallest absolute Gasteiger partial charge is 0.305 e. The predicted molar refractivity (Wildman–Crippen MR) is 82.8 cm³/mol. The Balaban J connectivity index is 1.94. The number of rotatable bonds is 4. The molecule has 0 radical (unpaired) electrons. The molecule has 3 rings (SSSR count). The second-order valence-electron chi connectivity index (χ2n) is 5.99. The van der Waals surface area contributed by atoms with Crippen LogP contribution in [0, 0.1) is 6.92 Å². The van der Waals surface area contributed by atoms with E-state index in [1.807, 2.05) is 31.2 Å². The number of pyridine rings is 1. The van der Waals surface area contributed by atoms with Gasteiger partial charge < -0.3 is 10.4 Å². The minimum atomic E-state index is -0.879. The highest BCUT2D eigenvalue weighted by Gasteiger charge is 2.40. The van der Waals surface area contributed by atoms with E-state index < -0.39 is 11.5 Å². The number of carbonyl (C=O) groups is 2. The average molecular weight is 298 g/mol. The lowest BCUT2D eigenvalue weighted by atomic mass is 9.74. The van der Waals surface area contributed by atoms with Crippen LogP contribution in [0.15, 0.2) is 30.3 Å². The van der Waals surface area contributed by atoms with Crippen molar-refractivity contribution < 1.29 is 14.7 Å². The van der Waals surface area contributed by atoms with E-state index in [-0.39, 0.29) is 12.3 Å². The summed E-state index contributed by atoms with van der Waals surface area (Å²) in [5.41, 5.74) is 1.50. The first-order valence-corrected chi connectivity index (χ1v) is 7.40. The van der Waals surface area contributed by atoms with E-state index in [1.165, 1.54) is 0 Å². The van der Waals surface area contributed by atoms with Crippen LogP contribution < -0.4 is 5.32 Å². The van der Waals surface area contributed by atoms with Gasteiger partial charge in [-0.15, -0.1) is 0 Å². The van der Waals surface area contributed by atoms with Crippen molar-refractivity contribution in [2.24, 2.45) is 0 Å². The van der Waals surface area contributed by atoms with Crippen LogP contribution in [0.1, 0.15) is 41.7 Å². The molecule has 1 amide bonds. The minimum absolute atomic E-state index is 0.0270. The van der Waals surface area contributed by atoms with Crippen LogP contribution in [0.3, 0.4) is 0 Å². The van der Waals surface area contributed by atoms with E-state index in [0.717, 1.165) is 23.0 Å². The highest BCUT2D eigenvalue weighted by atomic mass is 16.4. The standard InChI is InChI=1S/C17H18N2O3/c1-11-9-13(12-5-2-3-6-14(12)18-11)16(22)19-17(7-4-8-17)10-15(20)21/h2-3,5-6,9H,4,7-8,10H2,1H3,(H,19,22)(H,20,21). The fourth-order valence-corrected chi connectivity index (χ4v) is 3.04. The summed E-state index contributed by atoms with van der Waals surface area (Å²) in [7, 11) is 0. The third-order valence-corrected chi connectivity index (χ3v) is 4.27. The maximum Gasteiger partial charge on any atom is 0.305 e. The number of nitrogens with zero attached hydrogens (tertiary/aromatic N) is 1. The van der Waals surface area contributed by atoms with E-state index in [9.17, 15) is 9.59 Å². The van der Waals surface area contributed by atoms with E-state index in [1.54, 1.807) is 6.07 Å². The van der Waals surface area contributed by atoms with Gasteiger partial charge in [0.1, 0.15) is 0 Å². The first-order chi connectivity index (χ1) is 10.5. The number of carboxylic acid groups (broad SMARTS) is 1. The van der Waals surface area contributed by atoms with Crippen molar-refractivity contribution in [1.29, 1.82) is 0 Å². The van der Waals surface area contributed by atoms with Gasteiger partial charge in [-0.05, 0) is 38.3 Å². The van der Waals surface area contributed by atoms with Crippen LogP contribution in [0.4, 0.5) is 0 Å². The number of aromatic nitrogens is 1. The molecule has 2 aromatic rings. The predicted octanol–water partition coefficient (Wildman–Crippen LogP) is 2.67. The number of hydrogen-bond acceptors (Lipinski definition) is 3. The van der Waals surface area contributed by atoms with Crippen molar-refractivity contribution in [2.75, 3.05) is 0 Å². The monoisotopic (exact) mass is 298 g/mol. The molecule has 0 atom stereocenters. The fraction of sp³-hybridized carbons (Fsp3) is 0.353. The number of amides is 1. The Hall–Kier alpha value is -2.43. The summed E-state index contributed by atoms with van der Waals surface area (Å²) in [4.78, 5) is 28.1. The number of carbonyl (C=O) groups excluding carboxylic acids is 1. The number of carboxylic acids is 1. The third kappa shape index (κ3) is 2.66. The molecule has 0 unspecified atom stereocenters. The van der Waals surface area contributed by atoms with Crippen LogP contribution >= 0.6 is 0 Å². The van der Waals surface area contributed by atoms with Crippen molar-refractivity contribution in [3.05, 3.63) is 41.6 Å². The normalized spacial score (nSPS) is 16.0. The average Bonchev–Trinajstić information content (AvgIpc) is 2.43. The zero-order chi connectivity index (χ0) is 15.7. The number of aryl methyl sites for hydroxylation is 1. The maximum atomic E-state index is 12.7. The van der Waals surface area contributed by atoms with Crippen LogP contribution in [-0.2, 0) is 4.79 Å². The van der Waals surface area contributed by atoms with E-state index in [2.05, 4.69) is 10.3 Å². The lowest BCUT2D eigenvalue weighted by Crippen LogP contribution is -2.54. The molecule has 0 aliphatic heterocycles. The zero-order valence-corrected chi connectivity index (χ0v) is 12.4. The molecule has 0 saturated heterocycles. The fourth-order valence-electron chi connectivity index (χ4n) is 3.04. The Labute approximate surface area is 128 Å². The van der Waals surface area contributed by atoms with E-state index in [0.29, 0.717) is 18.4 Å². The van der Waals surface area contributed by atoms with Gasteiger partial charge in [-0.2, -0.15) is 0 Å². The van der Waals surface area contributed by atoms with Gasteiger partial charge >= 0.3 is 5.97 Å². The van der Waals surface area contributed by atoms with Crippen LogP contribution in [0.5, 0.6) is 0 Å². The van der Waals surface area contributed by atoms with Crippen molar-refractivity contribution in [1.82, 2.24) is 10.3 Å². The summed E-state index contributed by atoms with van der Waals surface area (Å²) in [5.74, 6) is -1.10. The van der Waals surface area contributed by atoms with Crippen LogP contribution in [-0.4, -0.2) is 27.5 Å². The minimum Gasteiger partial charge on any atom is -0.481 e. The number of para-hydroxylation sites is 1. The van der Waals surface area contributed by atoms with Crippen LogP contribution in [0.25, 0.3) is 10.9 Å². The van der Waals surface area contributed by atoms with Gasteiger partial charge in [-0.1, -0.05) is 18.2 Å². The van der Waals surface area contributed by atoms with Gasteiger partial charge in [0.05, 0.1) is 23.0 Å². The number of fused-ring (bicyclic) bond motifs is 1. The summed E-state index contributed by atoms with van der Waals surface area (Å²) >= 11 is 0. The summed E-state index contributed by atoms with van der Waals surface area (Å²) in [5, 5.41) is 12.8. The van der Waals surface area contributed by atoms with Crippen molar-refractivity contribution >= 4 is 22.8 Å². The summed E-state index contributed by atoms with van der Waals surface area (Å²) < 4.78 is 0. The van der Waals surface area contributed by atoms with Gasteiger partial charge in [0.25, 0.3) is 5.91 Å².